The molecule has 0 bridgehead atoms. The highest BCUT2D eigenvalue weighted by Crippen LogP contribution is 2.23. The molecular formula is C18H28Cl2N2O3. The van der Waals surface area contributed by atoms with Gasteiger partial charge in [-0.15, -0.1) is 12.4 Å². The Balaban J connectivity index is 0.00000312. The third-order valence-corrected chi connectivity index (χ3v) is 4.44. The number of amides is 1. The highest BCUT2D eigenvalue weighted by Gasteiger charge is 2.22. The van der Waals surface area contributed by atoms with Crippen LogP contribution in [0.2, 0.25) is 5.02 Å². The number of para-hydroxylation sites is 1. The molecule has 1 amide bonds. The number of piperidine rings is 1. The van der Waals surface area contributed by atoms with Gasteiger partial charge in [-0.1, -0.05) is 23.7 Å². The van der Waals surface area contributed by atoms with E-state index in [0.717, 1.165) is 32.4 Å². The quantitative estimate of drug-likeness (QED) is 0.657. The van der Waals surface area contributed by atoms with Crippen LogP contribution in [0.3, 0.4) is 0 Å². The first-order valence-electron chi connectivity index (χ1n) is 8.67. The number of nitrogens with two attached hydrogens (primary N) is 1. The fraction of sp³-hybridized carbons (Fsp3) is 0.611. The summed E-state index contributed by atoms with van der Waals surface area (Å²) in [5, 5.41) is 0.598. The molecule has 0 spiro atoms. The molecule has 0 aromatic heterocycles. The Morgan fingerprint density at radius 3 is 2.60 bits per heavy atom. The monoisotopic (exact) mass is 390 g/mol. The molecule has 0 unspecified atom stereocenters. The summed E-state index contributed by atoms with van der Waals surface area (Å²) >= 11 is 6.03. The van der Waals surface area contributed by atoms with Crippen molar-refractivity contribution in [2.45, 2.75) is 38.2 Å². The first-order chi connectivity index (χ1) is 11.7. The van der Waals surface area contributed by atoms with Crippen LogP contribution >= 0.6 is 24.0 Å². The molecule has 0 radical (unpaired) electrons. The number of ether oxygens (including phenoxy) is 2. The van der Waals surface area contributed by atoms with Gasteiger partial charge in [0.25, 0.3) is 0 Å². The van der Waals surface area contributed by atoms with Crippen LogP contribution in [0.25, 0.3) is 0 Å². The number of carbonyl (C=O) groups is 1. The van der Waals surface area contributed by atoms with E-state index in [1.165, 1.54) is 0 Å². The van der Waals surface area contributed by atoms with E-state index in [0.29, 0.717) is 43.4 Å². The Kier molecular flexibility index (Phi) is 10.9. The van der Waals surface area contributed by atoms with Crippen molar-refractivity contribution in [1.82, 2.24) is 4.90 Å². The molecule has 1 aromatic rings. The molecule has 142 valence electrons. The summed E-state index contributed by atoms with van der Waals surface area (Å²) in [5.74, 6) is 0.861. The minimum Gasteiger partial charge on any atom is -0.492 e. The van der Waals surface area contributed by atoms with E-state index in [1.54, 1.807) is 6.07 Å². The number of hydrogen-bond acceptors (Lipinski definition) is 4. The van der Waals surface area contributed by atoms with E-state index in [-0.39, 0.29) is 24.4 Å². The lowest BCUT2D eigenvalue weighted by atomic mass is 10.1. The second-order valence-corrected chi connectivity index (χ2v) is 6.38. The number of likely N-dealkylation sites (tertiary alicyclic amines) is 1. The zero-order valence-corrected chi connectivity index (χ0v) is 16.1. The molecule has 1 aliphatic rings. The van der Waals surface area contributed by atoms with E-state index in [2.05, 4.69) is 0 Å². The maximum Gasteiger partial charge on any atom is 0.222 e. The molecule has 2 N–H and O–H groups in total. The number of rotatable bonds is 9. The van der Waals surface area contributed by atoms with Crippen LogP contribution in [0.5, 0.6) is 5.75 Å². The number of benzene rings is 1. The molecule has 5 nitrogen and oxygen atoms in total. The molecule has 0 aliphatic carbocycles. The van der Waals surface area contributed by atoms with Gasteiger partial charge in [-0.25, -0.2) is 0 Å². The van der Waals surface area contributed by atoms with E-state index in [4.69, 9.17) is 26.8 Å². The molecule has 0 saturated carbocycles. The fourth-order valence-electron chi connectivity index (χ4n) is 2.73. The van der Waals surface area contributed by atoms with Crippen molar-refractivity contribution >= 4 is 29.9 Å². The number of hydrogen-bond donors (Lipinski definition) is 1. The van der Waals surface area contributed by atoms with Crippen molar-refractivity contribution in [3.63, 3.8) is 0 Å². The first kappa shape index (κ1) is 22.0. The summed E-state index contributed by atoms with van der Waals surface area (Å²) in [6, 6.07) is 7.37. The SMILES string of the molecule is Cl.NCCCOC1CCN(C(=O)CCCOc2ccccc2Cl)CC1. The molecule has 1 fully saturated rings. The van der Waals surface area contributed by atoms with Gasteiger partial charge in [0.1, 0.15) is 5.75 Å². The highest BCUT2D eigenvalue weighted by molar-refractivity contribution is 6.32. The molecule has 25 heavy (non-hydrogen) atoms. The van der Waals surface area contributed by atoms with Crippen LogP contribution in [0, 0.1) is 0 Å². The number of carbonyl (C=O) groups excluding carboxylic acids is 1. The summed E-state index contributed by atoms with van der Waals surface area (Å²) in [4.78, 5) is 14.2. The van der Waals surface area contributed by atoms with Gasteiger partial charge in [0.15, 0.2) is 0 Å². The third kappa shape index (κ3) is 7.82. The summed E-state index contributed by atoms with van der Waals surface area (Å²) < 4.78 is 11.4. The Hall–Kier alpha value is -1.01. The molecule has 1 aromatic carbocycles. The molecule has 7 heteroatoms. The van der Waals surface area contributed by atoms with Gasteiger partial charge in [-0.2, -0.15) is 0 Å². The van der Waals surface area contributed by atoms with Crippen LogP contribution < -0.4 is 10.5 Å². The number of nitrogens with zero attached hydrogens (tertiary/aromatic N) is 1. The van der Waals surface area contributed by atoms with Crippen LogP contribution in [0.15, 0.2) is 24.3 Å². The number of halogens is 2. The zero-order chi connectivity index (χ0) is 17.2. The molecule has 0 atom stereocenters. The predicted molar refractivity (Wildman–Crippen MR) is 103 cm³/mol. The third-order valence-electron chi connectivity index (χ3n) is 4.13. The van der Waals surface area contributed by atoms with Crippen molar-refractivity contribution in [3.8, 4) is 5.75 Å². The van der Waals surface area contributed by atoms with Crippen molar-refractivity contribution in [2.75, 3.05) is 32.8 Å². The van der Waals surface area contributed by atoms with Crippen LogP contribution in [-0.2, 0) is 9.53 Å². The maximum absolute atomic E-state index is 12.2. The fourth-order valence-corrected chi connectivity index (χ4v) is 2.92. The van der Waals surface area contributed by atoms with Gasteiger partial charge >= 0.3 is 0 Å². The minimum absolute atomic E-state index is 0. The Labute approximate surface area is 161 Å². The van der Waals surface area contributed by atoms with Crippen LogP contribution in [-0.4, -0.2) is 49.8 Å². The molecule has 1 aliphatic heterocycles. The van der Waals surface area contributed by atoms with Gasteiger partial charge < -0.3 is 20.1 Å². The van der Waals surface area contributed by atoms with Crippen molar-refractivity contribution < 1.29 is 14.3 Å². The van der Waals surface area contributed by atoms with Crippen molar-refractivity contribution in [1.29, 1.82) is 0 Å². The van der Waals surface area contributed by atoms with E-state index in [9.17, 15) is 4.79 Å². The van der Waals surface area contributed by atoms with E-state index in [1.807, 2.05) is 23.1 Å². The molecular weight excluding hydrogens is 363 g/mol. The summed E-state index contributed by atoms with van der Waals surface area (Å²) in [6.45, 7) is 3.42. The Morgan fingerprint density at radius 2 is 1.92 bits per heavy atom. The zero-order valence-electron chi connectivity index (χ0n) is 14.5. The highest BCUT2D eigenvalue weighted by atomic mass is 35.5. The van der Waals surface area contributed by atoms with Crippen LogP contribution in [0.1, 0.15) is 32.1 Å². The Bertz CT molecular complexity index is 509. The average molecular weight is 391 g/mol. The van der Waals surface area contributed by atoms with Crippen molar-refractivity contribution in [2.24, 2.45) is 5.73 Å². The second-order valence-electron chi connectivity index (χ2n) is 5.98. The average Bonchev–Trinajstić information content (AvgIpc) is 2.61. The largest absolute Gasteiger partial charge is 0.492 e. The van der Waals surface area contributed by atoms with Gasteiger partial charge in [0.2, 0.25) is 5.91 Å². The van der Waals surface area contributed by atoms with E-state index < -0.39 is 0 Å². The maximum atomic E-state index is 12.2. The normalized spacial score (nSPS) is 14.9. The van der Waals surface area contributed by atoms with E-state index >= 15 is 0 Å². The minimum atomic E-state index is 0. The van der Waals surface area contributed by atoms with Crippen LogP contribution in [0.4, 0.5) is 0 Å². The van der Waals surface area contributed by atoms with Crippen molar-refractivity contribution in [3.05, 3.63) is 29.3 Å². The molecule has 1 saturated heterocycles. The lowest BCUT2D eigenvalue weighted by Crippen LogP contribution is -2.41. The lowest BCUT2D eigenvalue weighted by molar-refractivity contribution is -0.134. The van der Waals surface area contributed by atoms with Gasteiger partial charge in [0.05, 0.1) is 17.7 Å². The lowest BCUT2D eigenvalue weighted by Gasteiger charge is -2.32. The second kappa shape index (κ2) is 12.4. The molecule has 2 rings (SSSR count). The smallest absolute Gasteiger partial charge is 0.222 e. The van der Waals surface area contributed by atoms with Gasteiger partial charge in [0, 0.05) is 26.1 Å². The Morgan fingerprint density at radius 1 is 1.20 bits per heavy atom. The standard InChI is InChI=1S/C18H27ClN2O3.ClH/c19-16-5-1-2-6-17(16)24-13-3-7-18(22)21-11-8-15(9-12-21)23-14-4-10-20;/h1-2,5-6,15H,3-4,7-14,20H2;1H. The molecule has 1 heterocycles. The predicted octanol–water partition coefficient (Wildman–Crippen LogP) is 3.28. The van der Waals surface area contributed by atoms with Gasteiger partial charge in [-0.05, 0) is 44.4 Å². The first-order valence-corrected chi connectivity index (χ1v) is 9.05. The topological polar surface area (TPSA) is 64.8 Å². The van der Waals surface area contributed by atoms with Gasteiger partial charge in [-0.3, -0.25) is 4.79 Å². The summed E-state index contributed by atoms with van der Waals surface area (Å²) in [5.41, 5.74) is 5.46. The summed E-state index contributed by atoms with van der Waals surface area (Å²) in [7, 11) is 0. The summed E-state index contributed by atoms with van der Waals surface area (Å²) in [6.07, 6.45) is 4.17.